The largest absolute Gasteiger partial charge is 0.496 e. The third kappa shape index (κ3) is 1.99. The Kier molecular flexibility index (Phi) is 3.17. The van der Waals surface area contributed by atoms with E-state index in [2.05, 4.69) is 23.3 Å². The number of hydrogen-bond acceptors (Lipinski definition) is 3. The number of nitrogens with one attached hydrogen (secondary N) is 2. The van der Waals surface area contributed by atoms with E-state index in [1.54, 1.807) is 14.0 Å². The SMILES string of the molecule is COc1ccc2[nH]c(C)c3c2c1CNC31CCN(C(C)=O)CC1. The van der Waals surface area contributed by atoms with Crippen molar-refractivity contribution < 1.29 is 9.53 Å². The Morgan fingerprint density at radius 1 is 1.30 bits per heavy atom. The van der Waals surface area contributed by atoms with Crippen LogP contribution in [0.15, 0.2) is 12.1 Å². The van der Waals surface area contributed by atoms with Gasteiger partial charge in [-0.1, -0.05) is 0 Å². The van der Waals surface area contributed by atoms with Crippen LogP contribution in [-0.4, -0.2) is 36.0 Å². The maximum Gasteiger partial charge on any atom is 0.219 e. The maximum absolute atomic E-state index is 11.6. The summed E-state index contributed by atoms with van der Waals surface area (Å²) in [6, 6.07) is 4.15. The third-order valence-corrected chi connectivity index (χ3v) is 5.58. The number of likely N-dealkylation sites (tertiary alicyclic amines) is 1. The number of nitrogens with zero attached hydrogens (tertiary/aromatic N) is 1. The summed E-state index contributed by atoms with van der Waals surface area (Å²) in [5.41, 5.74) is 4.98. The van der Waals surface area contributed by atoms with Crippen LogP contribution in [0.5, 0.6) is 5.75 Å². The highest BCUT2D eigenvalue weighted by Crippen LogP contribution is 2.45. The summed E-state index contributed by atoms with van der Waals surface area (Å²) in [6.07, 6.45) is 1.91. The fourth-order valence-corrected chi connectivity index (χ4v) is 4.41. The fraction of sp³-hybridized carbons (Fsp3) is 0.500. The summed E-state index contributed by atoms with van der Waals surface area (Å²) >= 11 is 0. The Balaban J connectivity index is 1.84. The number of fused-ring (bicyclic) bond motifs is 1. The van der Waals surface area contributed by atoms with Crippen molar-refractivity contribution in [1.82, 2.24) is 15.2 Å². The molecule has 0 radical (unpaired) electrons. The average Bonchev–Trinajstić information content (AvgIpc) is 2.90. The topological polar surface area (TPSA) is 57.4 Å². The highest BCUT2D eigenvalue weighted by atomic mass is 16.5. The first-order chi connectivity index (χ1) is 11.1. The van der Waals surface area contributed by atoms with Gasteiger partial charge in [-0.3, -0.25) is 4.79 Å². The lowest BCUT2D eigenvalue weighted by atomic mass is 9.76. The summed E-state index contributed by atoms with van der Waals surface area (Å²) < 4.78 is 5.56. The number of methoxy groups -OCH3 is 1. The Morgan fingerprint density at radius 3 is 2.70 bits per heavy atom. The van der Waals surface area contributed by atoms with Crippen LogP contribution in [-0.2, 0) is 16.9 Å². The number of ether oxygens (including phenoxy) is 1. The molecule has 0 unspecified atom stereocenters. The van der Waals surface area contributed by atoms with E-state index in [9.17, 15) is 4.79 Å². The van der Waals surface area contributed by atoms with Crippen molar-refractivity contribution in [1.29, 1.82) is 0 Å². The summed E-state index contributed by atoms with van der Waals surface area (Å²) in [7, 11) is 1.73. The van der Waals surface area contributed by atoms with Crippen LogP contribution in [0.2, 0.25) is 0 Å². The van der Waals surface area contributed by atoms with Gasteiger partial charge in [0.15, 0.2) is 0 Å². The fourth-order valence-electron chi connectivity index (χ4n) is 4.41. The van der Waals surface area contributed by atoms with Gasteiger partial charge < -0.3 is 19.9 Å². The van der Waals surface area contributed by atoms with Crippen LogP contribution in [0, 0.1) is 6.92 Å². The van der Waals surface area contributed by atoms with E-state index in [1.807, 2.05) is 11.0 Å². The summed E-state index contributed by atoms with van der Waals surface area (Å²) in [6.45, 7) is 6.25. The minimum Gasteiger partial charge on any atom is -0.496 e. The lowest BCUT2D eigenvalue weighted by molar-refractivity contribution is -0.130. The molecule has 1 aromatic carbocycles. The van der Waals surface area contributed by atoms with E-state index in [1.165, 1.54) is 27.7 Å². The average molecular weight is 313 g/mol. The molecule has 2 N–H and O–H groups in total. The van der Waals surface area contributed by atoms with Gasteiger partial charge in [-0.2, -0.15) is 0 Å². The molecule has 1 fully saturated rings. The molecule has 0 atom stereocenters. The Hall–Kier alpha value is -2.01. The number of aromatic amines is 1. The van der Waals surface area contributed by atoms with Gasteiger partial charge in [-0.25, -0.2) is 0 Å². The first-order valence-electron chi connectivity index (χ1n) is 8.25. The molecule has 5 nitrogen and oxygen atoms in total. The standard InChI is InChI=1S/C18H23N3O2/c1-11-17-16-13(15(23-3)5-4-14(16)20-11)10-19-18(17)6-8-21(9-7-18)12(2)22/h4-5,19-20H,6-10H2,1-3H3. The number of hydrogen-bond donors (Lipinski definition) is 2. The molecule has 23 heavy (non-hydrogen) atoms. The van der Waals surface area contributed by atoms with Crippen molar-refractivity contribution in [3.05, 3.63) is 29.0 Å². The van der Waals surface area contributed by atoms with E-state index < -0.39 is 0 Å². The Morgan fingerprint density at radius 2 is 2.04 bits per heavy atom. The van der Waals surface area contributed by atoms with E-state index >= 15 is 0 Å². The highest BCUT2D eigenvalue weighted by Gasteiger charge is 2.42. The lowest BCUT2D eigenvalue weighted by Gasteiger charge is -2.45. The van der Waals surface area contributed by atoms with Gasteiger partial charge in [0, 0.05) is 59.8 Å². The number of carbonyl (C=O) groups excluding carboxylic acids is 1. The molecule has 4 rings (SSSR count). The van der Waals surface area contributed by atoms with Crippen molar-refractivity contribution >= 4 is 16.8 Å². The normalized spacial score (nSPS) is 19.3. The van der Waals surface area contributed by atoms with Crippen LogP contribution >= 0.6 is 0 Å². The molecule has 0 saturated carbocycles. The van der Waals surface area contributed by atoms with E-state index in [0.717, 1.165) is 38.2 Å². The van der Waals surface area contributed by atoms with Gasteiger partial charge in [-0.05, 0) is 31.9 Å². The van der Waals surface area contributed by atoms with Crippen molar-refractivity contribution in [2.75, 3.05) is 20.2 Å². The number of rotatable bonds is 1. The molecule has 1 amide bonds. The van der Waals surface area contributed by atoms with Crippen molar-refractivity contribution in [2.24, 2.45) is 0 Å². The molecular weight excluding hydrogens is 290 g/mol. The molecule has 2 aromatic rings. The quantitative estimate of drug-likeness (QED) is 0.850. The van der Waals surface area contributed by atoms with Gasteiger partial charge >= 0.3 is 0 Å². The highest BCUT2D eigenvalue weighted by molar-refractivity contribution is 5.91. The molecule has 122 valence electrons. The Bertz CT molecular complexity index is 785. The minimum atomic E-state index is -0.0341. The van der Waals surface area contributed by atoms with E-state index in [4.69, 9.17) is 4.74 Å². The predicted octanol–water partition coefficient (Wildman–Crippen LogP) is 2.43. The molecule has 0 bridgehead atoms. The molecule has 1 aromatic heterocycles. The van der Waals surface area contributed by atoms with Crippen molar-refractivity contribution in [3.8, 4) is 5.75 Å². The minimum absolute atomic E-state index is 0.0341. The van der Waals surface area contributed by atoms with Crippen LogP contribution in [0.1, 0.15) is 36.6 Å². The molecular formula is C18H23N3O2. The van der Waals surface area contributed by atoms with E-state index in [0.29, 0.717) is 0 Å². The zero-order valence-corrected chi connectivity index (χ0v) is 14.0. The lowest BCUT2D eigenvalue weighted by Crippen LogP contribution is -2.53. The zero-order chi connectivity index (χ0) is 16.2. The monoisotopic (exact) mass is 313 g/mol. The summed E-state index contributed by atoms with van der Waals surface area (Å²) in [5, 5.41) is 5.09. The first-order valence-corrected chi connectivity index (χ1v) is 8.25. The number of aromatic nitrogens is 1. The molecule has 3 heterocycles. The number of aryl methyl sites for hydroxylation is 1. The van der Waals surface area contributed by atoms with Crippen LogP contribution < -0.4 is 10.1 Å². The van der Waals surface area contributed by atoms with Crippen molar-refractivity contribution in [2.45, 2.75) is 38.8 Å². The predicted molar refractivity (Wildman–Crippen MR) is 89.6 cm³/mol. The smallest absolute Gasteiger partial charge is 0.219 e. The number of benzene rings is 1. The molecule has 0 aliphatic carbocycles. The zero-order valence-electron chi connectivity index (χ0n) is 14.0. The summed E-state index contributed by atoms with van der Waals surface area (Å²) in [4.78, 5) is 17.1. The Labute approximate surface area is 136 Å². The number of carbonyl (C=O) groups is 1. The molecule has 2 aliphatic heterocycles. The van der Waals surface area contributed by atoms with Gasteiger partial charge in [0.1, 0.15) is 5.75 Å². The number of piperidine rings is 1. The second-order valence-corrected chi connectivity index (χ2v) is 6.74. The van der Waals surface area contributed by atoms with E-state index in [-0.39, 0.29) is 11.4 Å². The second kappa shape index (κ2) is 4.99. The second-order valence-electron chi connectivity index (χ2n) is 6.74. The molecule has 5 heteroatoms. The van der Waals surface area contributed by atoms with Gasteiger partial charge in [0.25, 0.3) is 0 Å². The van der Waals surface area contributed by atoms with Gasteiger partial charge in [0.2, 0.25) is 5.91 Å². The third-order valence-electron chi connectivity index (χ3n) is 5.58. The summed E-state index contributed by atoms with van der Waals surface area (Å²) in [5.74, 6) is 1.12. The van der Waals surface area contributed by atoms with Gasteiger partial charge in [-0.15, -0.1) is 0 Å². The van der Waals surface area contributed by atoms with Gasteiger partial charge in [0.05, 0.1) is 7.11 Å². The van der Waals surface area contributed by atoms with Crippen LogP contribution in [0.25, 0.3) is 10.9 Å². The number of H-pyrrole nitrogens is 1. The van der Waals surface area contributed by atoms with Crippen LogP contribution in [0.3, 0.4) is 0 Å². The molecule has 1 spiro atoms. The van der Waals surface area contributed by atoms with Crippen LogP contribution in [0.4, 0.5) is 0 Å². The number of amides is 1. The molecule has 1 saturated heterocycles. The van der Waals surface area contributed by atoms with Crippen molar-refractivity contribution in [3.63, 3.8) is 0 Å². The maximum atomic E-state index is 11.6. The molecule has 2 aliphatic rings. The first kappa shape index (κ1) is 14.6.